The van der Waals surface area contributed by atoms with Crippen molar-refractivity contribution in [2.24, 2.45) is 5.41 Å². The molecule has 1 aromatic carbocycles. The van der Waals surface area contributed by atoms with Crippen molar-refractivity contribution in [1.82, 2.24) is 0 Å². The second-order valence-corrected chi connectivity index (χ2v) is 6.63. The van der Waals surface area contributed by atoms with Crippen LogP contribution in [0.4, 0.5) is 0 Å². The Balaban J connectivity index is 0.00000324. The Morgan fingerprint density at radius 1 is 1.16 bits per heavy atom. The third kappa shape index (κ3) is 4.61. The number of hydrogen-bond acceptors (Lipinski definition) is 2. The van der Waals surface area contributed by atoms with Gasteiger partial charge in [-0.1, -0.05) is 46.8 Å². The van der Waals surface area contributed by atoms with Crippen LogP contribution in [0.3, 0.4) is 0 Å². The summed E-state index contributed by atoms with van der Waals surface area (Å²) in [7, 11) is 0. The van der Waals surface area contributed by atoms with Crippen LogP contribution in [0, 0.1) is 5.41 Å². The number of phenols is 1. The first-order valence-electron chi connectivity index (χ1n) is 6.10. The van der Waals surface area contributed by atoms with E-state index in [1.54, 1.807) is 12.1 Å². The first kappa shape index (κ1) is 18.1. The summed E-state index contributed by atoms with van der Waals surface area (Å²) in [5.74, 6) is -1.21. The van der Waals surface area contributed by atoms with Crippen molar-refractivity contribution < 1.29 is 34.5 Å². The van der Waals surface area contributed by atoms with Crippen LogP contribution >= 0.6 is 0 Å². The zero-order valence-electron chi connectivity index (χ0n) is 12.4. The molecular formula is C15H22O3Zn. The summed E-state index contributed by atoms with van der Waals surface area (Å²) >= 11 is 0. The van der Waals surface area contributed by atoms with E-state index >= 15 is 0 Å². The number of aromatic carboxylic acids is 1. The van der Waals surface area contributed by atoms with Crippen molar-refractivity contribution >= 4 is 5.97 Å². The van der Waals surface area contributed by atoms with Gasteiger partial charge < -0.3 is 10.2 Å². The molecule has 0 saturated heterocycles. The average molecular weight is 316 g/mol. The number of carboxylic acid groups (broad SMARTS) is 1. The summed E-state index contributed by atoms with van der Waals surface area (Å²) < 4.78 is 0. The smallest absolute Gasteiger partial charge is 0.339 e. The molecule has 19 heavy (non-hydrogen) atoms. The van der Waals surface area contributed by atoms with Crippen LogP contribution in [0.5, 0.6) is 5.75 Å². The number of hydrogen-bond donors (Lipinski definition) is 2. The molecule has 1 aromatic rings. The van der Waals surface area contributed by atoms with Crippen molar-refractivity contribution in [3.05, 3.63) is 29.3 Å². The summed E-state index contributed by atoms with van der Waals surface area (Å²) in [6.45, 7) is 10.4. The van der Waals surface area contributed by atoms with Crippen molar-refractivity contribution in [2.75, 3.05) is 0 Å². The molecule has 0 aromatic heterocycles. The van der Waals surface area contributed by atoms with Crippen LogP contribution in [-0.2, 0) is 24.9 Å². The maximum absolute atomic E-state index is 11.0. The predicted molar refractivity (Wildman–Crippen MR) is 72.2 cm³/mol. The molecule has 1 rings (SSSR count). The number of carboxylic acids is 1. The maximum atomic E-state index is 11.0. The van der Waals surface area contributed by atoms with Crippen molar-refractivity contribution in [3.8, 4) is 5.75 Å². The quantitative estimate of drug-likeness (QED) is 0.834. The molecular weight excluding hydrogens is 294 g/mol. The van der Waals surface area contributed by atoms with Gasteiger partial charge in [0.05, 0.1) is 0 Å². The van der Waals surface area contributed by atoms with Crippen molar-refractivity contribution in [1.29, 1.82) is 0 Å². The molecule has 3 nitrogen and oxygen atoms in total. The molecule has 0 spiro atoms. The minimum Gasteiger partial charge on any atom is -0.507 e. The number of para-hydroxylation sites is 1. The summed E-state index contributed by atoms with van der Waals surface area (Å²) in [6, 6.07) is 4.91. The van der Waals surface area contributed by atoms with Crippen LogP contribution in [-0.4, -0.2) is 16.2 Å². The number of aromatic hydroxyl groups is 1. The molecule has 0 aliphatic heterocycles. The van der Waals surface area contributed by atoms with Gasteiger partial charge in [0.25, 0.3) is 0 Å². The van der Waals surface area contributed by atoms with Crippen molar-refractivity contribution in [3.63, 3.8) is 0 Å². The Morgan fingerprint density at radius 2 is 1.68 bits per heavy atom. The number of rotatable bonds is 3. The molecule has 0 aliphatic rings. The first-order valence-corrected chi connectivity index (χ1v) is 6.10. The molecule has 0 heterocycles. The Hall–Kier alpha value is -0.887. The number of benzene rings is 1. The average Bonchev–Trinajstić information content (AvgIpc) is 2.13. The van der Waals surface area contributed by atoms with Gasteiger partial charge in [0.1, 0.15) is 11.3 Å². The second kappa shape index (κ2) is 6.04. The van der Waals surface area contributed by atoms with Gasteiger partial charge in [-0.25, -0.2) is 4.79 Å². The molecule has 0 aliphatic carbocycles. The number of carbonyl (C=O) groups is 1. The maximum Gasteiger partial charge on any atom is 0.339 e. The van der Waals surface area contributed by atoms with E-state index in [0.29, 0.717) is 5.56 Å². The van der Waals surface area contributed by atoms with Crippen LogP contribution in [0.15, 0.2) is 18.2 Å². The normalized spacial score (nSPS) is 11.8. The molecule has 0 fully saturated rings. The minimum atomic E-state index is -1.10. The van der Waals surface area contributed by atoms with Crippen LogP contribution < -0.4 is 0 Å². The molecule has 0 radical (unpaired) electrons. The third-order valence-electron chi connectivity index (χ3n) is 2.97. The van der Waals surface area contributed by atoms with E-state index in [9.17, 15) is 9.90 Å². The Kier molecular flexibility index (Phi) is 5.76. The van der Waals surface area contributed by atoms with Gasteiger partial charge in [-0.3, -0.25) is 0 Å². The van der Waals surface area contributed by atoms with Gasteiger partial charge >= 0.3 is 5.97 Å². The van der Waals surface area contributed by atoms with Gasteiger partial charge in [0.2, 0.25) is 0 Å². The van der Waals surface area contributed by atoms with E-state index in [-0.39, 0.29) is 41.6 Å². The molecule has 2 N–H and O–H groups in total. The summed E-state index contributed by atoms with van der Waals surface area (Å²) in [6.07, 6.45) is 0.858. The molecule has 4 heteroatoms. The van der Waals surface area contributed by atoms with E-state index in [0.717, 1.165) is 6.42 Å². The predicted octanol–water partition coefficient (Wildman–Crippen LogP) is 3.80. The van der Waals surface area contributed by atoms with E-state index in [4.69, 9.17) is 5.11 Å². The van der Waals surface area contributed by atoms with E-state index < -0.39 is 5.97 Å². The Labute approximate surface area is 127 Å². The van der Waals surface area contributed by atoms with Gasteiger partial charge in [-0.15, -0.1) is 0 Å². The standard InChI is InChI=1S/C15H22O3.Zn/c1-14(2,3)9-15(4,5)11-8-6-7-10(12(11)16)13(17)18;/h6-8,16H,9H2,1-5H3,(H,17,18);. The molecule has 0 unspecified atom stereocenters. The molecule has 0 saturated carbocycles. The van der Waals surface area contributed by atoms with Gasteiger partial charge in [-0.2, -0.15) is 0 Å². The first-order chi connectivity index (χ1) is 8.04. The van der Waals surface area contributed by atoms with E-state index in [1.165, 1.54) is 6.07 Å². The molecule has 0 atom stereocenters. The van der Waals surface area contributed by atoms with Crippen LogP contribution in [0.2, 0.25) is 0 Å². The zero-order valence-corrected chi connectivity index (χ0v) is 15.4. The Morgan fingerprint density at radius 3 is 2.11 bits per heavy atom. The minimum absolute atomic E-state index is 0. The van der Waals surface area contributed by atoms with Crippen molar-refractivity contribution in [2.45, 2.75) is 46.5 Å². The van der Waals surface area contributed by atoms with Gasteiger partial charge in [0.15, 0.2) is 0 Å². The molecule has 0 bridgehead atoms. The fourth-order valence-corrected chi connectivity index (χ4v) is 2.68. The monoisotopic (exact) mass is 314 g/mol. The fraction of sp³-hybridized carbons (Fsp3) is 0.533. The second-order valence-electron chi connectivity index (χ2n) is 6.63. The van der Waals surface area contributed by atoms with Gasteiger partial charge in [-0.05, 0) is 23.3 Å². The fourth-order valence-electron chi connectivity index (χ4n) is 2.68. The SMILES string of the molecule is CC(C)(C)CC(C)(C)c1cccc(C(=O)O)c1O.[Zn]. The summed E-state index contributed by atoms with van der Waals surface area (Å²) in [4.78, 5) is 11.0. The summed E-state index contributed by atoms with van der Waals surface area (Å²) in [5.41, 5.74) is 0.495. The van der Waals surface area contributed by atoms with E-state index in [1.807, 2.05) is 13.8 Å². The molecule has 0 amide bonds. The largest absolute Gasteiger partial charge is 0.507 e. The van der Waals surface area contributed by atoms with Crippen LogP contribution in [0.1, 0.15) is 57.0 Å². The zero-order chi connectivity index (χ0) is 14.1. The summed E-state index contributed by atoms with van der Waals surface area (Å²) in [5, 5.41) is 19.1. The van der Waals surface area contributed by atoms with Crippen LogP contribution in [0.25, 0.3) is 0 Å². The third-order valence-corrected chi connectivity index (χ3v) is 2.97. The van der Waals surface area contributed by atoms with E-state index in [2.05, 4.69) is 20.8 Å². The Bertz CT molecular complexity index is 459. The topological polar surface area (TPSA) is 57.5 Å². The van der Waals surface area contributed by atoms with Gasteiger partial charge in [0, 0.05) is 25.0 Å². The molecule has 102 valence electrons.